The lowest BCUT2D eigenvalue weighted by atomic mass is 10.1. The van der Waals surface area contributed by atoms with Gasteiger partial charge in [-0.05, 0) is 67.9 Å². The molecule has 0 heterocycles. The van der Waals surface area contributed by atoms with Crippen LogP contribution in [-0.2, 0) is 21.4 Å². The molecule has 8 heteroatoms. The number of amides is 2. The molecule has 3 aromatic rings. The zero-order valence-electron chi connectivity index (χ0n) is 19.8. The number of aryl methyl sites for hydroxylation is 1. The lowest BCUT2D eigenvalue weighted by Crippen LogP contribution is -2.27. The first-order chi connectivity index (χ1) is 16.1. The molecule has 178 valence electrons. The molecule has 0 aliphatic heterocycles. The number of carbonyl (C=O) groups excluding carboxylic acids is 2. The number of nitrogens with one attached hydrogen (secondary N) is 1. The van der Waals surface area contributed by atoms with Crippen LogP contribution in [0.4, 0.5) is 11.4 Å². The van der Waals surface area contributed by atoms with Gasteiger partial charge < -0.3 is 10.2 Å². The smallest absolute Gasteiger partial charge is 0.264 e. The topological polar surface area (TPSA) is 86.8 Å². The summed E-state index contributed by atoms with van der Waals surface area (Å²) >= 11 is 0. The molecule has 0 aliphatic rings. The van der Waals surface area contributed by atoms with E-state index in [1.807, 2.05) is 32.0 Å². The minimum Gasteiger partial charge on any atom is -0.339 e. The molecule has 0 bridgehead atoms. The van der Waals surface area contributed by atoms with Crippen LogP contribution in [0.15, 0.2) is 77.7 Å². The Morgan fingerprint density at radius 1 is 0.941 bits per heavy atom. The molecule has 0 atom stereocenters. The number of benzene rings is 3. The predicted molar refractivity (Wildman–Crippen MR) is 134 cm³/mol. The minimum atomic E-state index is -3.71. The standard InChI is InChI=1S/C26H29N3O4S/c1-5-29(20(3)30)18-21-7-6-8-23(17-21)27-26(31)22-11-13-24(14-12-22)28(4)34(32,33)25-15-9-19(2)10-16-25/h6-17H,5,18H2,1-4H3,(H,27,31). The molecule has 7 nitrogen and oxygen atoms in total. The molecule has 2 amide bonds. The van der Waals surface area contributed by atoms with Gasteiger partial charge in [-0.3, -0.25) is 13.9 Å². The number of hydrogen-bond donors (Lipinski definition) is 1. The molecule has 0 saturated heterocycles. The molecule has 0 aliphatic carbocycles. The number of sulfonamides is 1. The van der Waals surface area contributed by atoms with Gasteiger partial charge in [0, 0.05) is 38.3 Å². The van der Waals surface area contributed by atoms with Crippen LogP contribution in [0.1, 0.15) is 35.3 Å². The van der Waals surface area contributed by atoms with Gasteiger partial charge in [-0.1, -0.05) is 29.8 Å². The van der Waals surface area contributed by atoms with E-state index in [2.05, 4.69) is 5.32 Å². The third-order valence-electron chi connectivity index (χ3n) is 5.56. The summed E-state index contributed by atoms with van der Waals surface area (Å²) in [5, 5.41) is 2.85. The molecule has 0 fully saturated rings. The maximum Gasteiger partial charge on any atom is 0.264 e. The van der Waals surface area contributed by atoms with E-state index in [-0.39, 0.29) is 16.7 Å². The second-order valence-electron chi connectivity index (χ2n) is 8.02. The van der Waals surface area contributed by atoms with Crippen molar-refractivity contribution in [1.82, 2.24) is 4.90 Å². The van der Waals surface area contributed by atoms with Crippen molar-refractivity contribution < 1.29 is 18.0 Å². The van der Waals surface area contributed by atoms with Gasteiger partial charge in [-0.15, -0.1) is 0 Å². The zero-order valence-corrected chi connectivity index (χ0v) is 20.6. The maximum atomic E-state index is 12.9. The fourth-order valence-corrected chi connectivity index (χ4v) is 4.64. The summed E-state index contributed by atoms with van der Waals surface area (Å²) < 4.78 is 27.0. The van der Waals surface area contributed by atoms with Crippen molar-refractivity contribution in [3.8, 4) is 0 Å². The predicted octanol–water partition coefficient (Wildman–Crippen LogP) is 4.44. The Balaban J connectivity index is 1.71. The van der Waals surface area contributed by atoms with E-state index in [0.717, 1.165) is 11.1 Å². The Bertz CT molecular complexity index is 1270. The second kappa shape index (κ2) is 10.5. The molecule has 0 unspecified atom stereocenters. The van der Waals surface area contributed by atoms with Crippen molar-refractivity contribution in [2.45, 2.75) is 32.2 Å². The molecule has 0 aromatic heterocycles. The van der Waals surface area contributed by atoms with Gasteiger partial charge >= 0.3 is 0 Å². The first-order valence-corrected chi connectivity index (χ1v) is 12.4. The molecular formula is C26H29N3O4S. The molecule has 0 spiro atoms. The summed E-state index contributed by atoms with van der Waals surface area (Å²) in [5.74, 6) is -0.321. The quantitative estimate of drug-likeness (QED) is 0.517. The zero-order chi connectivity index (χ0) is 24.9. The Hall–Kier alpha value is -3.65. The molecule has 3 aromatic carbocycles. The number of hydrogen-bond acceptors (Lipinski definition) is 4. The molecular weight excluding hydrogens is 450 g/mol. The van der Waals surface area contributed by atoms with Crippen LogP contribution in [0.2, 0.25) is 0 Å². The van der Waals surface area contributed by atoms with Gasteiger partial charge in [0.2, 0.25) is 5.91 Å². The average Bonchev–Trinajstić information content (AvgIpc) is 2.82. The third-order valence-corrected chi connectivity index (χ3v) is 7.36. The Labute approximate surface area is 201 Å². The van der Waals surface area contributed by atoms with Crippen molar-refractivity contribution in [2.24, 2.45) is 0 Å². The van der Waals surface area contributed by atoms with Crippen molar-refractivity contribution in [3.05, 3.63) is 89.5 Å². The van der Waals surface area contributed by atoms with Crippen molar-refractivity contribution >= 4 is 33.2 Å². The van der Waals surface area contributed by atoms with Gasteiger partial charge in [0.15, 0.2) is 0 Å². The van der Waals surface area contributed by atoms with E-state index in [9.17, 15) is 18.0 Å². The van der Waals surface area contributed by atoms with Crippen molar-refractivity contribution in [1.29, 1.82) is 0 Å². The Kier molecular flexibility index (Phi) is 7.73. The fourth-order valence-electron chi connectivity index (χ4n) is 3.45. The summed E-state index contributed by atoms with van der Waals surface area (Å²) in [4.78, 5) is 26.3. The van der Waals surface area contributed by atoms with Crippen LogP contribution in [0.5, 0.6) is 0 Å². The Morgan fingerprint density at radius 3 is 2.18 bits per heavy atom. The SMILES string of the molecule is CCN(Cc1cccc(NC(=O)c2ccc(N(C)S(=O)(=O)c3ccc(C)cc3)cc2)c1)C(C)=O. The van der Waals surface area contributed by atoms with Gasteiger partial charge in [0.25, 0.3) is 15.9 Å². The van der Waals surface area contributed by atoms with E-state index in [1.165, 1.54) is 18.3 Å². The van der Waals surface area contributed by atoms with E-state index in [4.69, 9.17) is 0 Å². The van der Waals surface area contributed by atoms with E-state index in [0.29, 0.717) is 30.0 Å². The third kappa shape index (κ3) is 5.82. The first-order valence-electron chi connectivity index (χ1n) is 10.9. The molecule has 0 radical (unpaired) electrons. The lowest BCUT2D eigenvalue weighted by molar-refractivity contribution is -0.129. The highest BCUT2D eigenvalue weighted by Crippen LogP contribution is 2.23. The largest absolute Gasteiger partial charge is 0.339 e. The van der Waals surface area contributed by atoms with E-state index < -0.39 is 10.0 Å². The lowest BCUT2D eigenvalue weighted by Gasteiger charge is -2.20. The van der Waals surface area contributed by atoms with Gasteiger partial charge in [-0.25, -0.2) is 8.42 Å². The molecule has 1 N–H and O–H groups in total. The van der Waals surface area contributed by atoms with Gasteiger partial charge in [0.05, 0.1) is 10.6 Å². The van der Waals surface area contributed by atoms with Crippen LogP contribution in [-0.4, -0.2) is 38.7 Å². The summed E-state index contributed by atoms with van der Waals surface area (Å²) in [6.07, 6.45) is 0. The highest BCUT2D eigenvalue weighted by molar-refractivity contribution is 7.92. The second-order valence-corrected chi connectivity index (χ2v) is 9.99. The van der Waals surface area contributed by atoms with Crippen LogP contribution in [0.3, 0.4) is 0 Å². The summed E-state index contributed by atoms with van der Waals surface area (Å²) in [6, 6.07) is 20.4. The molecule has 34 heavy (non-hydrogen) atoms. The van der Waals surface area contributed by atoms with Gasteiger partial charge in [0.1, 0.15) is 0 Å². The highest BCUT2D eigenvalue weighted by atomic mass is 32.2. The minimum absolute atomic E-state index is 0.00797. The van der Waals surface area contributed by atoms with E-state index in [1.54, 1.807) is 59.5 Å². The maximum absolute atomic E-state index is 12.9. The van der Waals surface area contributed by atoms with Gasteiger partial charge in [-0.2, -0.15) is 0 Å². The number of rotatable bonds is 8. The molecule has 3 rings (SSSR count). The summed E-state index contributed by atoms with van der Waals surface area (Å²) in [6.45, 7) is 6.41. The van der Waals surface area contributed by atoms with Crippen molar-refractivity contribution in [3.63, 3.8) is 0 Å². The summed E-state index contributed by atoms with van der Waals surface area (Å²) in [5.41, 5.74) is 3.35. The average molecular weight is 480 g/mol. The van der Waals surface area contributed by atoms with Crippen LogP contribution in [0, 0.1) is 6.92 Å². The van der Waals surface area contributed by atoms with E-state index >= 15 is 0 Å². The highest BCUT2D eigenvalue weighted by Gasteiger charge is 2.21. The monoisotopic (exact) mass is 479 g/mol. The number of anilines is 2. The number of carbonyl (C=O) groups is 2. The van der Waals surface area contributed by atoms with Crippen LogP contribution < -0.4 is 9.62 Å². The van der Waals surface area contributed by atoms with Crippen LogP contribution in [0.25, 0.3) is 0 Å². The molecule has 0 saturated carbocycles. The fraction of sp³-hybridized carbons (Fsp3) is 0.231. The van der Waals surface area contributed by atoms with Crippen molar-refractivity contribution in [2.75, 3.05) is 23.2 Å². The normalized spacial score (nSPS) is 11.1. The summed E-state index contributed by atoms with van der Waals surface area (Å²) in [7, 11) is -2.23. The first kappa shape index (κ1) is 25.0. The van der Waals surface area contributed by atoms with Crippen LogP contribution >= 0.6 is 0 Å². The Morgan fingerprint density at radius 2 is 1.59 bits per heavy atom. The number of nitrogens with zero attached hydrogens (tertiary/aromatic N) is 2.